The van der Waals surface area contributed by atoms with Gasteiger partial charge < -0.3 is 24.8 Å². The first kappa shape index (κ1) is 26.0. The molecular weight excluding hydrogens is 441 g/mol. The second-order valence-electron chi connectivity index (χ2n) is 7.93. The van der Waals surface area contributed by atoms with E-state index < -0.39 is 29.4 Å². The molecular formula is C23H27F3N2O5. The number of esters is 1. The summed E-state index contributed by atoms with van der Waals surface area (Å²) in [5.74, 6) is -0.652. The number of rotatable bonds is 9. The third kappa shape index (κ3) is 9.40. The van der Waals surface area contributed by atoms with Crippen LogP contribution in [0.1, 0.15) is 36.7 Å². The van der Waals surface area contributed by atoms with Crippen molar-refractivity contribution in [2.24, 2.45) is 0 Å². The van der Waals surface area contributed by atoms with E-state index >= 15 is 0 Å². The highest BCUT2D eigenvalue weighted by atomic mass is 19.4. The topological polar surface area (TPSA) is 85.9 Å². The second kappa shape index (κ2) is 11.6. The molecule has 0 unspecified atom stereocenters. The third-order valence-electron chi connectivity index (χ3n) is 3.99. The Morgan fingerprint density at radius 2 is 1.67 bits per heavy atom. The van der Waals surface area contributed by atoms with Crippen molar-refractivity contribution in [2.45, 2.75) is 32.5 Å². The molecule has 10 heteroatoms. The summed E-state index contributed by atoms with van der Waals surface area (Å²) in [6.45, 7) is 5.76. The Balaban J connectivity index is 1.80. The molecule has 2 rings (SSSR count). The Labute approximate surface area is 190 Å². The number of hydrogen-bond donors (Lipinski definition) is 2. The number of carbonyl (C=O) groups is 2. The van der Waals surface area contributed by atoms with Crippen LogP contribution in [0.5, 0.6) is 0 Å². The molecule has 0 atom stereocenters. The van der Waals surface area contributed by atoms with Gasteiger partial charge in [0.25, 0.3) is 0 Å². The smallest absolute Gasteiger partial charge is 0.416 e. The minimum absolute atomic E-state index is 0.0385. The van der Waals surface area contributed by atoms with Crippen molar-refractivity contribution in [3.05, 3.63) is 59.7 Å². The number of alkyl halides is 3. The fraction of sp³-hybridized carbons (Fsp3) is 0.391. The zero-order valence-corrected chi connectivity index (χ0v) is 18.6. The molecule has 180 valence electrons. The molecule has 0 aromatic heterocycles. The minimum Gasteiger partial charge on any atom is -0.460 e. The monoisotopic (exact) mass is 468 g/mol. The minimum atomic E-state index is -4.47. The van der Waals surface area contributed by atoms with Gasteiger partial charge in [0.1, 0.15) is 12.2 Å². The number of benzene rings is 2. The number of ether oxygens (including phenoxy) is 3. The molecule has 2 aromatic rings. The van der Waals surface area contributed by atoms with Crippen LogP contribution in [0, 0.1) is 0 Å². The summed E-state index contributed by atoms with van der Waals surface area (Å²) in [7, 11) is 0. The lowest BCUT2D eigenvalue weighted by Gasteiger charge is -2.19. The van der Waals surface area contributed by atoms with Crippen molar-refractivity contribution < 1.29 is 37.0 Å². The average molecular weight is 468 g/mol. The Hall–Kier alpha value is -3.27. The first-order valence-electron chi connectivity index (χ1n) is 10.2. The summed E-state index contributed by atoms with van der Waals surface area (Å²) >= 11 is 0. The van der Waals surface area contributed by atoms with Crippen LogP contribution < -0.4 is 10.6 Å². The maximum Gasteiger partial charge on any atom is 0.416 e. The van der Waals surface area contributed by atoms with Crippen molar-refractivity contribution in [3.63, 3.8) is 0 Å². The van der Waals surface area contributed by atoms with Gasteiger partial charge in [0, 0.05) is 12.2 Å². The van der Waals surface area contributed by atoms with E-state index in [0.717, 1.165) is 12.1 Å². The van der Waals surface area contributed by atoms with Crippen LogP contribution in [0.4, 0.5) is 29.3 Å². The molecule has 0 aliphatic carbocycles. The highest BCUT2D eigenvalue weighted by Crippen LogP contribution is 2.32. The summed E-state index contributed by atoms with van der Waals surface area (Å²) in [5, 5.41) is 5.36. The zero-order valence-electron chi connectivity index (χ0n) is 18.6. The summed E-state index contributed by atoms with van der Waals surface area (Å²) < 4.78 is 54.4. The Kier molecular flexibility index (Phi) is 9.10. The van der Waals surface area contributed by atoms with E-state index in [-0.39, 0.29) is 37.6 Å². The van der Waals surface area contributed by atoms with Gasteiger partial charge in [-0.15, -0.1) is 0 Å². The molecule has 1 amide bonds. The number of alkyl carbamates (subject to hydrolysis) is 1. The molecule has 2 aromatic carbocycles. The van der Waals surface area contributed by atoms with E-state index in [1.165, 1.54) is 18.2 Å². The molecule has 0 aliphatic rings. The van der Waals surface area contributed by atoms with E-state index in [9.17, 15) is 22.8 Å². The van der Waals surface area contributed by atoms with Crippen molar-refractivity contribution in [1.29, 1.82) is 0 Å². The number of para-hydroxylation sites is 1. The summed E-state index contributed by atoms with van der Waals surface area (Å²) in [4.78, 5) is 23.9. The van der Waals surface area contributed by atoms with E-state index in [2.05, 4.69) is 10.6 Å². The summed E-state index contributed by atoms with van der Waals surface area (Å²) in [6, 6.07) is 11.0. The van der Waals surface area contributed by atoms with Gasteiger partial charge in [-0.1, -0.05) is 18.2 Å². The van der Waals surface area contributed by atoms with Crippen molar-refractivity contribution in [2.75, 3.05) is 31.7 Å². The van der Waals surface area contributed by atoms with Crippen molar-refractivity contribution in [3.8, 4) is 0 Å². The molecule has 7 nitrogen and oxygen atoms in total. The van der Waals surface area contributed by atoms with Gasteiger partial charge in [-0.3, -0.25) is 0 Å². The van der Waals surface area contributed by atoms with Gasteiger partial charge >= 0.3 is 18.2 Å². The zero-order chi connectivity index (χ0) is 24.5. The van der Waals surface area contributed by atoms with Gasteiger partial charge in [-0.05, 0) is 51.1 Å². The van der Waals surface area contributed by atoms with Crippen molar-refractivity contribution >= 4 is 23.4 Å². The molecule has 0 bridgehead atoms. The average Bonchev–Trinajstić information content (AvgIpc) is 2.71. The van der Waals surface area contributed by atoms with Crippen LogP contribution >= 0.6 is 0 Å². The highest BCUT2D eigenvalue weighted by molar-refractivity contribution is 5.96. The number of anilines is 2. The van der Waals surface area contributed by atoms with Gasteiger partial charge in [0.05, 0.1) is 30.0 Å². The van der Waals surface area contributed by atoms with Gasteiger partial charge in [-0.25, -0.2) is 9.59 Å². The van der Waals surface area contributed by atoms with E-state index in [1.54, 1.807) is 39.0 Å². The number of carbonyl (C=O) groups excluding carboxylic acids is 2. The van der Waals surface area contributed by atoms with Crippen LogP contribution in [0.2, 0.25) is 0 Å². The molecule has 0 saturated carbocycles. The van der Waals surface area contributed by atoms with Gasteiger partial charge in [-0.2, -0.15) is 13.2 Å². The molecule has 0 spiro atoms. The van der Waals surface area contributed by atoms with Crippen LogP contribution in [0.25, 0.3) is 0 Å². The standard InChI is InChI=1S/C23H27F3N2O5/c1-22(2,3)33-21(30)27-11-12-31-13-14-32-20(29)18-9-4-5-10-19(18)28-17-8-6-7-16(15-17)23(24,25)26/h4-10,15,28H,11-14H2,1-3H3,(H,27,30). The molecule has 0 heterocycles. The lowest BCUT2D eigenvalue weighted by molar-refractivity contribution is -0.137. The van der Waals surface area contributed by atoms with Gasteiger partial charge in [0.15, 0.2) is 0 Å². The van der Waals surface area contributed by atoms with E-state index in [1.807, 2.05) is 0 Å². The molecule has 0 saturated heterocycles. The molecule has 0 radical (unpaired) electrons. The Morgan fingerprint density at radius 1 is 0.939 bits per heavy atom. The largest absolute Gasteiger partial charge is 0.460 e. The molecule has 0 aliphatic heterocycles. The Morgan fingerprint density at radius 3 is 2.36 bits per heavy atom. The van der Waals surface area contributed by atoms with Gasteiger partial charge in [0.2, 0.25) is 0 Å². The summed E-state index contributed by atoms with van der Waals surface area (Å²) in [6.07, 6.45) is -5.03. The predicted octanol–water partition coefficient (Wildman–Crippen LogP) is 5.15. The maximum atomic E-state index is 12.9. The first-order valence-corrected chi connectivity index (χ1v) is 10.2. The lowest BCUT2D eigenvalue weighted by Crippen LogP contribution is -2.34. The van der Waals surface area contributed by atoms with E-state index in [4.69, 9.17) is 14.2 Å². The van der Waals surface area contributed by atoms with Crippen LogP contribution in [-0.2, 0) is 20.4 Å². The molecule has 2 N–H and O–H groups in total. The quantitative estimate of drug-likeness (QED) is 0.391. The Bertz CT molecular complexity index is 942. The lowest BCUT2D eigenvalue weighted by atomic mass is 10.1. The van der Waals surface area contributed by atoms with Crippen molar-refractivity contribution in [1.82, 2.24) is 5.32 Å². The highest BCUT2D eigenvalue weighted by Gasteiger charge is 2.30. The number of halogens is 3. The predicted molar refractivity (Wildman–Crippen MR) is 117 cm³/mol. The van der Waals surface area contributed by atoms with Crippen LogP contribution in [0.3, 0.4) is 0 Å². The molecule has 0 fully saturated rings. The fourth-order valence-corrected chi connectivity index (χ4v) is 2.61. The maximum absolute atomic E-state index is 12.9. The number of nitrogens with one attached hydrogen (secondary N) is 2. The normalized spacial score (nSPS) is 11.6. The van der Waals surface area contributed by atoms with E-state index in [0.29, 0.717) is 5.69 Å². The fourth-order valence-electron chi connectivity index (χ4n) is 2.61. The van der Waals surface area contributed by atoms with Crippen LogP contribution in [0.15, 0.2) is 48.5 Å². The summed E-state index contributed by atoms with van der Waals surface area (Å²) in [5.41, 5.74) is -0.728. The SMILES string of the molecule is CC(C)(C)OC(=O)NCCOCCOC(=O)c1ccccc1Nc1cccc(C(F)(F)F)c1. The van der Waals surface area contributed by atoms with Crippen LogP contribution in [-0.4, -0.2) is 44.0 Å². The second-order valence-corrected chi connectivity index (χ2v) is 7.93. The number of hydrogen-bond acceptors (Lipinski definition) is 6. The first-order chi connectivity index (χ1) is 15.5. The third-order valence-corrected chi connectivity index (χ3v) is 3.99. The molecule has 33 heavy (non-hydrogen) atoms. The number of amides is 1.